The van der Waals surface area contributed by atoms with E-state index in [1.165, 1.54) is 6.92 Å². The first-order chi connectivity index (χ1) is 13.2. The monoisotopic (exact) mass is 408 g/mol. The van der Waals surface area contributed by atoms with Crippen molar-refractivity contribution in [1.29, 1.82) is 0 Å². The molecule has 0 unspecified atom stereocenters. The van der Waals surface area contributed by atoms with E-state index in [1.807, 2.05) is 0 Å². The summed E-state index contributed by atoms with van der Waals surface area (Å²) in [5.74, 6) is -2.26. The van der Waals surface area contributed by atoms with Crippen molar-refractivity contribution >= 4 is 29.8 Å². The average molecular weight is 408 g/mol. The Morgan fingerprint density at radius 3 is 1.18 bits per heavy atom. The smallest absolute Gasteiger partial charge is 0.320 e. The molecule has 0 aromatic rings. The maximum Gasteiger partial charge on any atom is 0.320 e. The minimum Gasteiger partial charge on any atom is -0.466 e. The van der Waals surface area contributed by atoms with Crippen LogP contribution in [0.25, 0.3) is 0 Å². The minimum atomic E-state index is -0.787. The van der Waals surface area contributed by atoms with Gasteiger partial charge in [-0.25, -0.2) is 0 Å². The zero-order valence-electron chi connectivity index (χ0n) is 17.5. The molecule has 0 aromatic carbocycles. The van der Waals surface area contributed by atoms with Crippen molar-refractivity contribution in [1.82, 2.24) is 0 Å². The topological polar surface area (TPSA) is 132 Å². The number of rotatable bonds is 9. The third kappa shape index (κ3) is 28.2. The van der Waals surface area contributed by atoms with E-state index in [4.69, 9.17) is 0 Å². The molecule has 0 fully saturated rings. The fraction of sp³-hybridized carbons (Fsp3) is 0.722. The van der Waals surface area contributed by atoms with E-state index < -0.39 is 31.1 Å². The fourth-order valence-corrected chi connectivity index (χ4v) is 1.09. The van der Waals surface area contributed by atoms with Crippen LogP contribution in [0.4, 0.5) is 0 Å². The van der Waals surface area contributed by atoms with Gasteiger partial charge < -0.3 is 23.7 Å². The van der Waals surface area contributed by atoms with E-state index >= 15 is 0 Å². The molecule has 0 N–H and O–H groups in total. The Bertz CT molecular complexity index is 441. The second kappa shape index (κ2) is 22.4. The number of ether oxygens (including phenoxy) is 5. The van der Waals surface area contributed by atoms with Crippen LogP contribution in [0.15, 0.2) is 0 Å². The molecular formula is C18H32O10. The maximum absolute atomic E-state index is 10.8. The molecule has 0 spiro atoms. The molecule has 0 rings (SSSR count). The quantitative estimate of drug-likeness (QED) is 0.241. The molecule has 0 aliphatic rings. The third-order valence-electron chi connectivity index (χ3n) is 2.26. The largest absolute Gasteiger partial charge is 0.466 e. The predicted octanol–water partition coefficient (Wildman–Crippen LogP) is 1.92. The molecule has 28 heavy (non-hydrogen) atoms. The molecule has 0 aromatic heterocycles. The maximum atomic E-state index is 10.8. The summed E-state index contributed by atoms with van der Waals surface area (Å²) in [7, 11) is 0. The van der Waals surface area contributed by atoms with Crippen LogP contribution < -0.4 is 0 Å². The summed E-state index contributed by atoms with van der Waals surface area (Å²) in [5.41, 5.74) is 0. The van der Waals surface area contributed by atoms with Crippen LogP contribution in [-0.4, -0.2) is 56.5 Å². The second-order valence-corrected chi connectivity index (χ2v) is 4.57. The summed E-state index contributed by atoms with van der Waals surface area (Å²) < 4.78 is 22.3. The van der Waals surface area contributed by atoms with Gasteiger partial charge in [-0.3, -0.25) is 24.0 Å². The van der Waals surface area contributed by atoms with Gasteiger partial charge in [0.05, 0.1) is 19.8 Å². The van der Waals surface area contributed by atoms with Crippen molar-refractivity contribution in [3.05, 3.63) is 0 Å². The lowest BCUT2D eigenvalue weighted by Gasteiger charge is -2.03. The van der Waals surface area contributed by atoms with E-state index in [9.17, 15) is 24.0 Å². The molecule has 0 aliphatic heterocycles. The Balaban J connectivity index is -0.000000375. The van der Waals surface area contributed by atoms with Crippen molar-refractivity contribution in [3.63, 3.8) is 0 Å². The van der Waals surface area contributed by atoms with E-state index in [0.29, 0.717) is 26.1 Å². The first-order valence-corrected chi connectivity index (χ1v) is 8.93. The molecule has 0 amide bonds. The van der Waals surface area contributed by atoms with Crippen LogP contribution in [0.5, 0.6) is 0 Å². The zero-order valence-corrected chi connectivity index (χ0v) is 17.5. The third-order valence-corrected chi connectivity index (χ3v) is 2.26. The Morgan fingerprint density at radius 2 is 0.893 bits per heavy atom. The van der Waals surface area contributed by atoms with Gasteiger partial charge in [0, 0.05) is 19.8 Å². The number of carbonyl (C=O) groups excluding carboxylic acids is 5. The minimum absolute atomic E-state index is 0.123. The molecule has 0 saturated heterocycles. The number of hydrogen-bond acceptors (Lipinski definition) is 10. The summed E-state index contributed by atoms with van der Waals surface area (Å²) in [6.45, 7) is 10.7. The van der Waals surface area contributed by atoms with Crippen molar-refractivity contribution in [2.75, 3.05) is 26.6 Å². The molecule has 0 heterocycles. The lowest BCUT2D eigenvalue weighted by Crippen LogP contribution is -2.16. The first kappa shape index (κ1) is 30.1. The molecule has 10 nitrogen and oxygen atoms in total. The van der Waals surface area contributed by atoms with Gasteiger partial charge in [0.1, 0.15) is 6.42 Å². The highest BCUT2D eigenvalue weighted by Crippen LogP contribution is 1.91. The fourth-order valence-electron chi connectivity index (χ4n) is 1.09. The summed E-state index contributed by atoms with van der Waals surface area (Å²) in [5, 5.41) is 0. The number of hydrogen-bond donors (Lipinski definition) is 0. The summed E-state index contributed by atoms with van der Waals surface area (Å²) in [6, 6.07) is 0. The van der Waals surface area contributed by atoms with E-state index in [2.05, 4.69) is 23.7 Å². The van der Waals surface area contributed by atoms with Crippen LogP contribution in [0.2, 0.25) is 0 Å². The van der Waals surface area contributed by atoms with Crippen LogP contribution >= 0.6 is 0 Å². The van der Waals surface area contributed by atoms with Crippen LogP contribution in [-0.2, 0) is 47.7 Å². The molecular weight excluding hydrogens is 376 g/mol. The molecule has 0 bridgehead atoms. The van der Waals surface area contributed by atoms with E-state index in [0.717, 1.165) is 0 Å². The Kier molecular flexibility index (Phi) is 24.1. The van der Waals surface area contributed by atoms with Gasteiger partial charge in [0.15, 0.2) is 0 Å². The molecule has 0 aliphatic carbocycles. The molecule has 10 heteroatoms. The lowest BCUT2D eigenvalue weighted by molar-refractivity contribution is -0.168. The van der Waals surface area contributed by atoms with Gasteiger partial charge in [0.25, 0.3) is 0 Å². The van der Waals surface area contributed by atoms with Gasteiger partial charge in [-0.1, -0.05) is 13.8 Å². The van der Waals surface area contributed by atoms with Gasteiger partial charge in [-0.2, -0.15) is 0 Å². The highest BCUT2D eigenvalue weighted by molar-refractivity contribution is 5.91. The van der Waals surface area contributed by atoms with Crippen LogP contribution in [0.3, 0.4) is 0 Å². The number of esters is 5. The van der Waals surface area contributed by atoms with Gasteiger partial charge in [-0.05, 0) is 20.8 Å². The van der Waals surface area contributed by atoms with Crippen LogP contribution in [0, 0.1) is 0 Å². The highest BCUT2D eigenvalue weighted by atomic mass is 16.7. The standard InChI is InChI=1S/C8H12O6.2C5H10O2/c1-3-12-7(10)4-8(11)14-5-13-6(2)9;2*1-3-5(6)7-4-2/h3-5H2,1-2H3;2*3-4H2,1-2H3. The summed E-state index contributed by atoms with van der Waals surface area (Å²) >= 11 is 0. The summed E-state index contributed by atoms with van der Waals surface area (Å²) in [4.78, 5) is 52.1. The SMILES string of the molecule is CCOC(=O)CC.CCOC(=O)CC.CCOC(=O)CC(=O)OCOC(C)=O. The Labute approximate surface area is 165 Å². The van der Waals surface area contributed by atoms with Crippen LogP contribution in [0.1, 0.15) is 60.8 Å². The lowest BCUT2D eigenvalue weighted by atomic mass is 10.4. The predicted molar refractivity (Wildman–Crippen MR) is 97.8 cm³/mol. The number of carbonyl (C=O) groups is 5. The second-order valence-electron chi connectivity index (χ2n) is 4.57. The average Bonchev–Trinajstić information content (AvgIpc) is 2.62. The highest BCUT2D eigenvalue weighted by Gasteiger charge is 2.11. The zero-order chi connectivity index (χ0) is 22.4. The Morgan fingerprint density at radius 1 is 0.536 bits per heavy atom. The van der Waals surface area contributed by atoms with E-state index in [-0.39, 0.29) is 18.5 Å². The van der Waals surface area contributed by atoms with Gasteiger partial charge >= 0.3 is 29.8 Å². The normalized spacial score (nSPS) is 8.64. The van der Waals surface area contributed by atoms with Crippen molar-refractivity contribution < 1.29 is 47.7 Å². The van der Waals surface area contributed by atoms with E-state index in [1.54, 1.807) is 34.6 Å². The first-order valence-electron chi connectivity index (χ1n) is 8.93. The Hall–Kier alpha value is -2.65. The van der Waals surface area contributed by atoms with Crippen molar-refractivity contribution in [2.24, 2.45) is 0 Å². The molecule has 0 saturated carbocycles. The van der Waals surface area contributed by atoms with Gasteiger partial charge in [-0.15, -0.1) is 0 Å². The van der Waals surface area contributed by atoms with Gasteiger partial charge in [0.2, 0.25) is 6.79 Å². The molecule has 164 valence electrons. The molecule has 0 atom stereocenters. The van der Waals surface area contributed by atoms with Crippen molar-refractivity contribution in [3.8, 4) is 0 Å². The summed E-state index contributed by atoms with van der Waals surface area (Å²) in [6.07, 6.45) is 0.483. The van der Waals surface area contributed by atoms with Crippen molar-refractivity contribution in [2.45, 2.75) is 60.8 Å². The molecule has 0 radical (unpaired) electrons.